The van der Waals surface area contributed by atoms with E-state index in [9.17, 15) is 22.8 Å². The second kappa shape index (κ2) is 9.13. The quantitative estimate of drug-likeness (QED) is 0.774. The minimum Gasteiger partial charge on any atom is -0.379 e. The molecule has 0 radical (unpaired) electrons. The number of nitrogens with zero attached hydrogens (tertiary/aromatic N) is 2. The summed E-state index contributed by atoms with van der Waals surface area (Å²) < 4.78 is 43.9. The molecule has 6 nitrogen and oxygen atoms in total. The number of benzene rings is 1. The van der Waals surface area contributed by atoms with Crippen molar-refractivity contribution < 1.29 is 27.5 Å². The molecular formula is C20H26F3N3O3. The Hall–Kier alpha value is -2.13. The maximum absolute atomic E-state index is 12.9. The number of hydrogen-bond acceptors (Lipinski definition) is 4. The predicted molar refractivity (Wildman–Crippen MR) is 99.8 cm³/mol. The largest absolute Gasteiger partial charge is 0.416 e. The monoisotopic (exact) mass is 413 g/mol. The van der Waals surface area contributed by atoms with Crippen LogP contribution in [0, 0.1) is 5.92 Å². The fraction of sp³-hybridized carbons (Fsp3) is 0.600. The van der Waals surface area contributed by atoms with Crippen molar-refractivity contribution in [2.45, 2.75) is 32.1 Å². The summed E-state index contributed by atoms with van der Waals surface area (Å²) in [6.07, 6.45) is -4.35. The highest BCUT2D eigenvalue weighted by atomic mass is 19.4. The maximum Gasteiger partial charge on any atom is 0.416 e. The topological polar surface area (TPSA) is 61.9 Å². The Balaban J connectivity index is 1.51. The van der Waals surface area contributed by atoms with E-state index in [1.807, 2.05) is 6.92 Å². The van der Waals surface area contributed by atoms with Gasteiger partial charge < -0.3 is 15.0 Å². The van der Waals surface area contributed by atoms with Gasteiger partial charge in [0.1, 0.15) is 0 Å². The number of morpholine rings is 1. The lowest BCUT2D eigenvalue weighted by Crippen LogP contribution is -2.48. The number of hydrogen-bond donors (Lipinski definition) is 1. The van der Waals surface area contributed by atoms with E-state index in [4.69, 9.17) is 4.74 Å². The van der Waals surface area contributed by atoms with Gasteiger partial charge in [-0.25, -0.2) is 0 Å². The summed E-state index contributed by atoms with van der Waals surface area (Å²) in [6.45, 7) is 5.80. The van der Waals surface area contributed by atoms with Gasteiger partial charge in [0.25, 0.3) is 0 Å². The second-order valence-electron chi connectivity index (χ2n) is 7.62. The summed E-state index contributed by atoms with van der Waals surface area (Å²) >= 11 is 0. The highest BCUT2D eigenvalue weighted by Crippen LogP contribution is 2.30. The van der Waals surface area contributed by atoms with Gasteiger partial charge in [0.05, 0.1) is 24.7 Å². The second-order valence-corrected chi connectivity index (χ2v) is 7.62. The summed E-state index contributed by atoms with van der Waals surface area (Å²) in [5.74, 6) is -0.890. The molecule has 2 fully saturated rings. The molecule has 1 aromatic carbocycles. The summed E-state index contributed by atoms with van der Waals surface area (Å²) in [4.78, 5) is 28.4. The molecule has 3 rings (SSSR count). The van der Waals surface area contributed by atoms with E-state index < -0.39 is 17.7 Å². The van der Waals surface area contributed by atoms with E-state index in [0.717, 1.165) is 25.2 Å². The Labute approximate surface area is 168 Å². The number of likely N-dealkylation sites (tertiary alicyclic amines) is 1. The lowest BCUT2D eigenvalue weighted by atomic mass is 10.1. The SMILES string of the molecule is CC(CNC(=O)C1CC(=O)N(Cc2cccc(C(F)(F)F)c2)C1)N1CCOCC1. The van der Waals surface area contributed by atoms with Crippen LogP contribution in [0.5, 0.6) is 0 Å². The molecule has 2 aliphatic rings. The third-order valence-electron chi connectivity index (χ3n) is 5.45. The van der Waals surface area contributed by atoms with E-state index in [1.165, 1.54) is 11.0 Å². The van der Waals surface area contributed by atoms with E-state index in [-0.39, 0.29) is 37.4 Å². The van der Waals surface area contributed by atoms with Crippen LogP contribution in [-0.4, -0.2) is 67.0 Å². The van der Waals surface area contributed by atoms with Crippen LogP contribution >= 0.6 is 0 Å². The first-order chi connectivity index (χ1) is 13.7. The van der Waals surface area contributed by atoms with Gasteiger partial charge in [0.15, 0.2) is 0 Å². The smallest absolute Gasteiger partial charge is 0.379 e. The molecule has 160 valence electrons. The van der Waals surface area contributed by atoms with Crippen LogP contribution in [0.1, 0.15) is 24.5 Å². The van der Waals surface area contributed by atoms with Crippen LogP contribution in [0.2, 0.25) is 0 Å². The van der Waals surface area contributed by atoms with Crippen molar-refractivity contribution >= 4 is 11.8 Å². The van der Waals surface area contributed by atoms with Crippen molar-refractivity contribution in [2.24, 2.45) is 5.92 Å². The van der Waals surface area contributed by atoms with Gasteiger partial charge in [-0.3, -0.25) is 14.5 Å². The molecule has 9 heteroatoms. The Morgan fingerprint density at radius 1 is 1.31 bits per heavy atom. The Kier molecular flexibility index (Phi) is 6.79. The third kappa shape index (κ3) is 5.70. The van der Waals surface area contributed by atoms with Gasteiger partial charge in [-0.2, -0.15) is 13.2 Å². The first kappa shape index (κ1) is 21.6. The molecule has 29 heavy (non-hydrogen) atoms. The van der Waals surface area contributed by atoms with Crippen LogP contribution in [0.4, 0.5) is 13.2 Å². The predicted octanol–water partition coefficient (Wildman–Crippen LogP) is 1.89. The van der Waals surface area contributed by atoms with Crippen molar-refractivity contribution in [3.05, 3.63) is 35.4 Å². The summed E-state index contributed by atoms with van der Waals surface area (Å²) in [5.41, 5.74) is -0.344. The number of carbonyl (C=O) groups excluding carboxylic acids is 2. The third-order valence-corrected chi connectivity index (χ3v) is 5.45. The van der Waals surface area contributed by atoms with E-state index in [1.54, 1.807) is 6.07 Å². The first-order valence-corrected chi connectivity index (χ1v) is 9.77. The molecule has 2 atom stereocenters. The highest BCUT2D eigenvalue weighted by molar-refractivity contribution is 5.89. The lowest BCUT2D eigenvalue weighted by molar-refractivity contribution is -0.137. The van der Waals surface area contributed by atoms with Crippen LogP contribution in [0.3, 0.4) is 0 Å². The Morgan fingerprint density at radius 3 is 2.72 bits per heavy atom. The molecule has 2 amide bonds. The maximum atomic E-state index is 12.9. The Bertz CT molecular complexity index is 735. The minimum absolute atomic E-state index is 0.0662. The molecule has 2 unspecified atom stereocenters. The molecule has 0 bridgehead atoms. The number of carbonyl (C=O) groups is 2. The van der Waals surface area contributed by atoms with Crippen LogP contribution < -0.4 is 5.32 Å². The first-order valence-electron chi connectivity index (χ1n) is 9.77. The standard InChI is InChI=1S/C20H26F3N3O3/c1-14(25-5-7-29-8-6-25)11-24-19(28)16-10-18(27)26(13-16)12-15-3-2-4-17(9-15)20(21,22)23/h2-4,9,14,16H,5-8,10-13H2,1H3,(H,24,28). The normalized spacial score (nSPS) is 22.0. The van der Waals surface area contributed by atoms with Crippen LogP contribution in [0.25, 0.3) is 0 Å². The van der Waals surface area contributed by atoms with Gasteiger partial charge in [-0.15, -0.1) is 0 Å². The minimum atomic E-state index is -4.43. The molecule has 2 saturated heterocycles. The molecule has 0 aromatic heterocycles. The summed E-state index contributed by atoms with van der Waals surface area (Å²) in [5, 5.41) is 2.91. The number of nitrogens with one attached hydrogen (secondary N) is 1. The molecule has 1 N–H and O–H groups in total. The zero-order valence-corrected chi connectivity index (χ0v) is 16.4. The summed E-state index contributed by atoms with van der Waals surface area (Å²) in [7, 11) is 0. The molecule has 2 heterocycles. The van der Waals surface area contributed by atoms with Crippen molar-refractivity contribution in [3.63, 3.8) is 0 Å². The average molecular weight is 413 g/mol. The van der Waals surface area contributed by atoms with Gasteiger partial charge in [0.2, 0.25) is 11.8 Å². The molecular weight excluding hydrogens is 387 g/mol. The number of alkyl halides is 3. The van der Waals surface area contributed by atoms with Gasteiger partial charge >= 0.3 is 6.18 Å². The van der Waals surface area contributed by atoms with Crippen molar-refractivity contribution in [1.29, 1.82) is 0 Å². The van der Waals surface area contributed by atoms with Crippen LogP contribution in [-0.2, 0) is 27.0 Å². The zero-order valence-electron chi connectivity index (χ0n) is 16.4. The highest BCUT2D eigenvalue weighted by Gasteiger charge is 2.35. The lowest BCUT2D eigenvalue weighted by Gasteiger charge is -2.32. The molecule has 0 saturated carbocycles. The van der Waals surface area contributed by atoms with Crippen molar-refractivity contribution in [2.75, 3.05) is 39.4 Å². The van der Waals surface area contributed by atoms with Gasteiger partial charge in [-0.1, -0.05) is 12.1 Å². The Morgan fingerprint density at radius 2 is 2.03 bits per heavy atom. The van der Waals surface area contributed by atoms with Crippen molar-refractivity contribution in [1.82, 2.24) is 15.1 Å². The van der Waals surface area contributed by atoms with Crippen LogP contribution in [0.15, 0.2) is 24.3 Å². The van der Waals surface area contributed by atoms with Crippen molar-refractivity contribution in [3.8, 4) is 0 Å². The average Bonchev–Trinajstić information content (AvgIpc) is 3.06. The molecule has 2 aliphatic heterocycles. The number of amides is 2. The summed E-state index contributed by atoms with van der Waals surface area (Å²) in [6, 6.07) is 5.10. The van der Waals surface area contributed by atoms with Gasteiger partial charge in [-0.05, 0) is 24.6 Å². The van der Waals surface area contributed by atoms with E-state index in [2.05, 4.69) is 10.2 Å². The fourth-order valence-corrected chi connectivity index (χ4v) is 3.71. The molecule has 1 aromatic rings. The zero-order chi connectivity index (χ0) is 21.0. The molecule has 0 aliphatic carbocycles. The van der Waals surface area contributed by atoms with Gasteiger partial charge in [0, 0.05) is 45.2 Å². The number of rotatable bonds is 6. The number of halogens is 3. The fourth-order valence-electron chi connectivity index (χ4n) is 3.71. The number of ether oxygens (including phenoxy) is 1. The molecule has 0 spiro atoms. The van der Waals surface area contributed by atoms with E-state index >= 15 is 0 Å². The van der Waals surface area contributed by atoms with E-state index in [0.29, 0.717) is 25.3 Å².